The summed E-state index contributed by atoms with van der Waals surface area (Å²) in [5, 5.41) is 0. The molecule has 0 amide bonds. The Morgan fingerprint density at radius 1 is 1.23 bits per heavy atom. The fraction of sp³-hybridized carbons (Fsp3) is 0.944. The summed E-state index contributed by atoms with van der Waals surface area (Å²) in [4.78, 5) is 12.6. The Morgan fingerprint density at radius 2 is 1.77 bits per heavy atom. The number of hydrogen-bond donors (Lipinski definition) is 1. The maximum Gasteiger partial charge on any atom is 0.405 e. The molecular formula is C18H32F3NO3S. The van der Waals surface area contributed by atoms with Crippen molar-refractivity contribution in [1.82, 2.24) is 4.72 Å². The molecule has 0 bridgehead atoms. The Kier molecular flexibility index (Phi) is 8.58. The van der Waals surface area contributed by atoms with Gasteiger partial charge in [-0.05, 0) is 46.5 Å². The van der Waals surface area contributed by atoms with Crippen molar-refractivity contribution in [2.75, 3.05) is 0 Å². The van der Waals surface area contributed by atoms with Gasteiger partial charge in [0.05, 0.1) is 27.8 Å². The molecule has 0 aromatic rings. The van der Waals surface area contributed by atoms with Crippen LogP contribution in [-0.4, -0.2) is 33.2 Å². The number of nitrogens with one attached hydrogen (secondary N) is 1. The molecule has 1 unspecified atom stereocenters. The smallest absolute Gasteiger partial charge is 0.405 e. The lowest BCUT2D eigenvalue weighted by molar-refractivity contribution is -0.182. The van der Waals surface area contributed by atoms with Gasteiger partial charge in [-0.1, -0.05) is 32.6 Å². The van der Waals surface area contributed by atoms with Crippen LogP contribution in [0, 0.1) is 11.8 Å². The largest absolute Gasteiger partial charge is 0.462 e. The maximum atomic E-state index is 13.8. The Morgan fingerprint density at radius 3 is 2.19 bits per heavy atom. The molecule has 1 fully saturated rings. The van der Waals surface area contributed by atoms with Crippen molar-refractivity contribution in [1.29, 1.82) is 0 Å². The second-order valence-corrected chi connectivity index (χ2v) is 10.2. The highest BCUT2D eigenvalue weighted by molar-refractivity contribution is 7.84. The van der Waals surface area contributed by atoms with E-state index in [0.717, 1.165) is 25.7 Å². The topological polar surface area (TPSA) is 55.4 Å². The van der Waals surface area contributed by atoms with Crippen LogP contribution in [0.4, 0.5) is 13.2 Å². The third-order valence-electron chi connectivity index (χ3n) is 4.80. The predicted octanol–water partition coefficient (Wildman–Crippen LogP) is 4.51. The highest BCUT2D eigenvalue weighted by atomic mass is 32.2. The molecule has 1 aliphatic carbocycles. The quantitative estimate of drug-likeness (QED) is 0.611. The summed E-state index contributed by atoms with van der Waals surface area (Å²) in [6.45, 7) is 8.24. The van der Waals surface area contributed by atoms with E-state index in [0.29, 0.717) is 6.42 Å². The van der Waals surface area contributed by atoms with Gasteiger partial charge in [0.15, 0.2) is 0 Å². The minimum atomic E-state index is -4.70. The van der Waals surface area contributed by atoms with Gasteiger partial charge < -0.3 is 4.74 Å². The van der Waals surface area contributed by atoms with Crippen LogP contribution in [0.5, 0.6) is 0 Å². The van der Waals surface area contributed by atoms with Gasteiger partial charge in [-0.25, -0.2) is 8.93 Å². The Balaban J connectivity index is 3.09. The number of rotatable bonds is 8. The van der Waals surface area contributed by atoms with Gasteiger partial charge in [0, 0.05) is 0 Å². The third-order valence-corrected chi connectivity index (χ3v) is 6.38. The summed E-state index contributed by atoms with van der Waals surface area (Å²) in [5.41, 5.74) is 0. The number of ether oxygens (including phenoxy) is 1. The first kappa shape index (κ1) is 23.4. The van der Waals surface area contributed by atoms with E-state index in [1.165, 1.54) is 0 Å². The van der Waals surface area contributed by atoms with Gasteiger partial charge in [-0.15, -0.1) is 0 Å². The van der Waals surface area contributed by atoms with Gasteiger partial charge in [0.25, 0.3) is 0 Å². The minimum absolute atomic E-state index is 0.0687. The summed E-state index contributed by atoms with van der Waals surface area (Å²) in [6, 6.07) is -2.18. The molecule has 1 aliphatic rings. The first-order valence-electron chi connectivity index (χ1n) is 9.31. The first-order valence-corrected chi connectivity index (χ1v) is 10.5. The van der Waals surface area contributed by atoms with Crippen LogP contribution in [0.15, 0.2) is 0 Å². The fourth-order valence-corrected chi connectivity index (χ4v) is 3.89. The van der Waals surface area contributed by atoms with E-state index in [4.69, 9.17) is 4.74 Å². The van der Waals surface area contributed by atoms with E-state index in [1.54, 1.807) is 34.6 Å². The average molecular weight is 400 g/mol. The van der Waals surface area contributed by atoms with Crippen LogP contribution >= 0.6 is 0 Å². The highest BCUT2D eigenvalue weighted by Gasteiger charge is 2.50. The molecule has 1 N–H and O–H groups in total. The predicted molar refractivity (Wildman–Crippen MR) is 96.8 cm³/mol. The van der Waals surface area contributed by atoms with Crippen molar-refractivity contribution in [3.8, 4) is 0 Å². The monoisotopic (exact) mass is 399 g/mol. The van der Waals surface area contributed by atoms with Crippen molar-refractivity contribution in [3.63, 3.8) is 0 Å². The number of alkyl halides is 3. The molecule has 0 radical (unpaired) electrons. The van der Waals surface area contributed by atoms with Crippen molar-refractivity contribution >= 4 is 17.0 Å². The summed E-state index contributed by atoms with van der Waals surface area (Å²) < 4.78 is 60.2. The van der Waals surface area contributed by atoms with Crippen LogP contribution in [0.1, 0.15) is 73.1 Å². The van der Waals surface area contributed by atoms with E-state index < -0.39 is 45.9 Å². The molecule has 4 atom stereocenters. The van der Waals surface area contributed by atoms with Gasteiger partial charge in [0.2, 0.25) is 0 Å². The number of carbonyl (C=O) groups excluding carboxylic acids is 1. The molecule has 4 nitrogen and oxygen atoms in total. The van der Waals surface area contributed by atoms with Crippen molar-refractivity contribution in [2.24, 2.45) is 11.8 Å². The van der Waals surface area contributed by atoms with E-state index in [9.17, 15) is 22.2 Å². The van der Waals surface area contributed by atoms with Gasteiger partial charge in [-0.2, -0.15) is 13.2 Å². The van der Waals surface area contributed by atoms with Crippen LogP contribution in [0.25, 0.3) is 0 Å². The Bertz CT molecular complexity index is 485. The normalized spacial score (nSPS) is 21.2. The van der Waals surface area contributed by atoms with Crippen molar-refractivity contribution in [3.05, 3.63) is 0 Å². The fourth-order valence-electron chi connectivity index (χ4n) is 3.01. The highest BCUT2D eigenvalue weighted by Crippen LogP contribution is 2.36. The lowest BCUT2D eigenvalue weighted by Gasteiger charge is -2.32. The van der Waals surface area contributed by atoms with E-state index in [1.807, 2.05) is 0 Å². The summed E-state index contributed by atoms with van der Waals surface area (Å²) >= 11 is 0. The Hall–Kier alpha value is -0.630. The van der Waals surface area contributed by atoms with Gasteiger partial charge >= 0.3 is 12.1 Å². The molecule has 0 aliphatic heterocycles. The van der Waals surface area contributed by atoms with Crippen LogP contribution in [0.3, 0.4) is 0 Å². The molecule has 26 heavy (non-hydrogen) atoms. The number of carbonyl (C=O) groups is 1. The number of hydrogen-bond acceptors (Lipinski definition) is 3. The number of esters is 1. The maximum absolute atomic E-state index is 13.8. The molecule has 0 spiro atoms. The first-order chi connectivity index (χ1) is 11.9. The van der Waals surface area contributed by atoms with Crippen molar-refractivity contribution in [2.45, 2.75) is 96.2 Å². The van der Waals surface area contributed by atoms with Gasteiger partial charge in [-0.3, -0.25) is 4.79 Å². The standard InChI is InChI=1S/C18H32F3NO3S/c1-6-12(2)25-16(23)14(11-13-9-7-8-10-13)15(18(19,20)21)22-26(24)17(3,4)5/h12-15,22H,6-11H2,1-5H3/t12?,14-,15-,26-/m1/s1. The van der Waals surface area contributed by atoms with Crippen LogP contribution in [0.2, 0.25) is 0 Å². The van der Waals surface area contributed by atoms with E-state index in [2.05, 4.69) is 4.72 Å². The zero-order valence-electron chi connectivity index (χ0n) is 16.3. The van der Waals surface area contributed by atoms with Crippen molar-refractivity contribution < 1.29 is 26.9 Å². The zero-order chi connectivity index (χ0) is 20.1. The van der Waals surface area contributed by atoms with Crippen LogP contribution in [-0.2, 0) is 20.5 Å². The lowest BCUT2D eigenvalue weighted by atomic mass is 9.88. The SMILES string of the molecule is CCC(C)OC(=O)[C@H](CC1CCCC1)[C@@H](N[S@](=O)C(C)(C)C)C(F)(F)F. The minimum Gasteiger partial charge on any atom is -0.462 e. The summed E-state index contributed by atoms with van der Waals surface area (Å²) in [6.07, 6.45) is -0.937. The Labute approximate surface area is 157 Å². The molecule has 0 saturated heterocycles. The summed E-state index contributed by atoms with van der Waals surface area (Å²) in [5.74, 6) is -2.18. The van der Waals surface area contributed by atoms with E-state index in [-0.39, 0.29) is 12.3 Å². The molecule has 8 heteroatoms. The molecule has 154 valence electrons. The number of halogens is 3. The molecule has 1 saturated carbocycles. The summed E-state index contributed by atoms with van der Waals surface area (Å²) in [7, 11) is -1.95. The molecule has 0 aromatic carbocycles. The lowest BCUT2D eigenvalue weighted by Crippen LogP contribution is -2.54. The van der Waals surface area contributed by atoms with E-state index >= 15 is 0 Å². The van der Waals surface area contributed by atoms with Crippen LogP contribution < -0.4 is 4.72 Å². The third kappa shape index (κ3) is 7.18. The zero-order valence-corrected chi connectivity index (χ0v) is 17.1. The molecule has 0 heterocycles. The molecule has 1 rings (SSSR count). The second-order valence-electron chi connectivity index (χ2n) is 8.17. The molecule has 0 aromatic heterocycles. The average Bonchev–Trinajstić information content (AvgIpc) is 3.01. The second kappa shape index (κ2) is 9.53. The molecular weight excluding hydrogens is 367 g/mol. The van der Waals surface area contributed by atoms with Gasteiger partial charge in [0.1, 0.15) is 6.04 Å².